The fourth-order valence-corrected chi connectivity index (χ4v) is 5.58. The largest absolute Gasteiger partial charge is 0.497 e. The summed E-state index contributed by atoms with van der Waals surface area (Å²) in [6, 6.07) is 15.3. The Morgan fingerprint density at radius 1 is 1.13 bits per heavy atom. The number of hydrogen-bond acceptors (Lipinski definition) is 7. The maximum absolute atomic E-state index is 13.7. The second-order valence-corrected chi connectivity index (χ2v) is 10.2. The molecule has 0 fully saturated rings. The molecule has 2 aromatic carbocycles. The average molecular weight is 569 g/mol. The Balaban J connectivity index is 1.62. The van der Waals surface area contributed by atoms with Crippen LogP contribution >= 0.6 is 34.5 Å². The van der Waals surface area contributed by atoms with Crippen molar-refractivity contribution < 1.29 is 18.7 Å². The molecule has 0 radical (unpaired) electrons. The van der Waals surface area contributed by atoms with Gasteiger partial charge in [-0.3, -0.25) is 9.36 Å². The maximum atomic E-state index is 13.7. The molecule has 4 aromatic rings. The summed E-state index contributed by atoms with van der Waals surface area (Å²) < 4.78 is 18.5. The number of methoxy groups -OCH3 is 1. The lowest BCUT2D eigenvalue weighted by molar-refractivity contribution is -0.139. The van der Waals surface area contributed by atoms with Crippen LogP contribution in [0.3, 0.4) is 0 Å². The van der Waals surface area contributed by atoms with Gasteiger partial charge in [-0.25, -0.2) is 9.79 Å². The van der Waals surface area contributed by atoms with Gasteiger partial charge in [0.1, 0.15) is 17.3 Å². The highest BCUT2D eigenvalue weighted by Crippen LogP contribution is 2.32. The van der Waals surface area contributed by atoms with Crippen molar-refractivity contribution in [1.29, 1.82) is 0 Å². The van der Waals surface area contributed by atoms with E-state index < -0.39 is 12.0 Å². The number of carbonyl (C=O) groups is 1. The molecule has 0 saturated heterocycles. The van der Waals surface area contributed by atoms with Crippen LogP contribution in [0.4, 0.5) is 0 Å². The van der Waals surface area contributed by atoms with Crippen molar-refractivity contribution in [2.45, 2.75) is 19.9 Å². The number of carbonyl (C=O) groups excluding carboxylic acids is 1. The van der Waals surface area contributed by atoms with E-state index in [4.69, 9.17) is 37.1 Å². The fourth-order valence-electron chi connectivity index (χ4n) is 4.26. The van der Waals surface area contributed by atoms with E-state index in [-0.39, 0.29) is 12.2 Å². The van der Waals surface area contributed by atoms with Crippen molar-refractivity contribution >= 4 is 46.6 Å². The molecule has 1 aliphatic rings. The van der Waals surface area contributed by atoms with Crippen LogP contribution in [0.15, 0.2) is 80.1 Å². The smallest absolute Gasteiger partial charge is 0.338 e. The molecule has 3 heterocycles. The Hall–Kier alpha value is -3.59. The number of rotatable bonds is 6. The van der Waals surface area contributed by atoms with Gasteiger partial charge in [-0.05, 0) is 61.9 Å². The third-order valence-corrected chi connectivity index (χ3v) is 7.77. The number of benzene rings is 2. The quantitative estimate of drug-likeness (QED) is 0.292. The Morgan fingerprint density at radius 2 is 1.89 bits per heavy atom. The van der Waals surface area contributed by atoms with Crippen molar-refractivity contribution in [3.8, 4) is 17.1 Å². The van der Waals surface area contributed by atoms with E-state index in [2.05, 4.69) is 4.99 Å². The van der Waals surface area contributed by atoms with Gasteiger partial charge >= 0.3 is 5.97 Å². The first-order valence-electron chi connectivity index (χ1n) is 11.7. The maximum Gasteiger partial charge on any atom is 0.338 e. The minimum absolute atomic E-state index is 0.203. The molecule has 0 N–H and O–H groups in total. The molecule has 1 atom stereocenters. The normalized spacial score (nSPS) is 15.3. The van der Waals surface area contributed by atoms with E-state index in [1.807, 2.05) is 12.1 Å². The van der Waals surface area contributed by atoms with E-state index in [9.17, 15) is 9.59 Å². The van der Waals surface area contributed by atoms with Gasteiger partial charge in [-0.15, -0.1) is 0 Å². The SMILES string of the molecule is CCOC(=O)C1=C(C)N=c2s/c(=C\c3ccc(-c4ccc(Cl)c(Cl)c4)o3)c(=O)n2[C@@H]1c1ccc(OC)cc1. The lowest BCUT2D eigenvalue weighted by Crippen LogP contribution is -2.39. The number of allylic oxidation sites excluding steroid dienone is 1. The molecule has 10 heteroatoms. The summed E-state index contributed by atoms with van der Waals surface area (Å²) in [6.45, 7) is 3.69. The summed E-state index contributed by atoms with van der Waals surface area (Å²) >= 11 is 13.4. The second-order valence-electron chi connectivity index (χ2n) is 8.41. The Kier molecular flexibility index (Phi) is 7.29. The highest BCUT2D eigenvalue weighted by molar-refractivity contribution is 7.07. The lowest BCUT2D eigenvalue weighted by atomic mass is 9.96. The van der Waals surface area contributed by atoms with Crippen molar-refractivity contribution in [2.75, 3.05) is 13.7 Å². The van der Waals surface area contributed by atoms with E-state index in [0.29, 0.717) is 47.9 Å². The monoisotopic (exact) mass is 568 g/mol. The van der Waals surface area contributed by atoms with Gasteiger partial charge in [-0.1, -0.05) is 46.7 Å². The highest BCUT2D eigenvalue weighted by Gasteiger charge is 2.33. The third-order valence-electron chi connectivity index (χ3n) is 6.05. The number of furan rings is 1. The van der Waals surface area contributed by atoms with E-state index in [1.54, 1.807) is 69.5 Å². The first-order valence-corrected chi connectivity index (χ1v) is 13.3. The summed E-state index contributed by atoms with van der Waals surface area (Å²) in [5.74, 6) is 1.22. The van der Waals surface area contributed by atoms with Crippen LogP contribution < -0.4 is 19.6 Å². The molecule has 5 rings (SSSR count). The van der Waals surface area contributed by atoms with E-state index >= 15 is 0 Å². The Labute approximate surface area is 231 Å². The summed E-state index contributed by atoms with van der Waals surface area (Å²) in [5, 5.41) is 0.869. The number of ether oxygens (including phenoxy) is 2. The molecule has 0 aliphatic carbocycles. The predicted molar refractivity (Wildman–Crippen MR) is 148 cm³/mol. The number of nitrogens with zero attached hydrogens (tertiary/aromatic N) is 2. The number of thiazole rings is 1. The van der Waals surface area contributed by atoms with E-state index in [0.717, 1.165) is 11.1 Å². The number of halogens is 2. The number of fused-ring (bicyclic) bond motifs is 1. The lowest BCUT2D eigenvalue weighted by Gasteiger charge is -2.24. The van der Waals surface area contributed by atoms with Crippen molar-refractivity contribution in [2.24, 2.45) is 4.99 Å². The van der Waals surface area contributed by atoms with E-state index in [1.165, 1.54) is 15.9 Å². The molecule has 0 unspecified atom stereocenters. The summed E-state index contributed by atoms with van der Waals surface area (Å²) in [7, 11) is 1.58. The molecule has 2 aromatic heterocycles. The molecular formula is C28H22Cl2N2O5S. The average Bonchev–Trinajstić information content (AvgIpc) is 3.49. The molecule has 38 heavy (non-hydrogen) atoms. The first kappa shape index (κ1) is 26.0. The van der Waals surface area contributed by atoms with Crippen LogP contribution in [0.1, 0.15) is 31.2 Å². The zero-order chi connectivity index (χ0) is 27.0. The van der Waals surface area contributed by atoms with Crippen LogP contribution in [0.5, 0.6) is 5.75 Å². The van der Waals surface area contributed by atoms with Gasteiger partial charge < -0.3 is 13.9 Å². The molecule has 0 spiro atoms. The molecule has 194 valence electrons. The Bertz CT molecular complexity index is 1750. The van der Waals surface area contributed by atoms with Crippen LogP contribution in [-0.4, -0.2) is 24.3 Å². The van der Waals surface area contributed by atoms with Gasteiger partial charge in [0.2, 0.25) is 0 Å². The van der Waals surface area contributed by atoms with Crippen LogP contribution in [0.2, 0.25) is 10.0 Å². The first-order chi connectivity index (χ1) is 18.3. The van der Waals surface area contributed by atoms with Crippen LogP contribution in [0, 0.1) is 0 Å². The molecule has 0 saturated carbocycles. The van der Waals surface area contributed by atoms with Gasteiger partial charge in [0.15, 0.2) is 4.80 Å². The molecule has 0 amide bonds. The van der Waals surface area contributed by atoms with Gasteiger partial charge in [0.05, 0.1) is 45.6 Å². The molecular weight excluding hydrogens is 547 g/mol. The highest BCUT2D eigenvalue weighted by atomic mass is 35.5. The molecule has 7 nitrogen and oxygen atoms in total. The second kappa shape index (κ2) is 10.6. The van der Waals surface area contributed by atoms with Gasteiger partial charge in [0.25, 0.3) is 5.56 Å². The topological polar surface area (TPSA) is 83.0 Å². The number of esters is 1. The van der Waals surface area contributed by atoms with Gasteiger partial charge in [0, 0.05) is 11.6 Å². The number of aromatic nitrogens is 1. The third kappa shape index (κ3) is 4.82. The summed E-state index contributed by atoms with van der Waals surface area (Å²) in [5.41, 5.74) is 2.01. The minimum atomic E-state index is -0.707. The minimum Gasteiger partial charge on any atom is -0.497 e. The molecule has 0 bridgehead atoms. The zero-order valence-corrected chi connectivity index (χ0v) is 23.0. The fraction of sp³-hybridized carbons (Fsp3) is 0.179. The molecule has 1 aliphatic heterocycles. The van der Waals surface area contributed by atoms with Crippen LogP contribution in [0.25, 0.3) is 17.4 Å². The van der Waals surface area contributed by atoms with Gasteiger partial charge in [-0.2, -0.15) is 0 Å². The predicted octanol–water partition coefficient (Wildman–Crippen LogP) is 5.37. The summed E-state index contributed by atoms with van der Waals surface area (Å²) in [6.07, 6.45) is 1.67. The van der Waals surface area contributed by atoms with Crippen LogP contribution in [-0.2, 0) is 9.53 Å². The standard InChI is InChI=1S/C28H22Cl2N2O5S/c1-4-36-27(34)24-15(2)31-28-32(25(24)16-5-8-18(35-3)9-6-16)26(33)23(38-28)14-19-10-12-22(37-19)17-7-11-20(29)21(30)13-17/h5-14,25H,4H2,1-3H3/b23-14-/t25-/m1/s1. The van der Waals surface area contributed by atoms with Crippen molar-refractivity contribution in [3.05, 3.63) is 107 Å². The Morgan fingerprint density at radius 3 is 2.58 bits per heavy atom. The summed E-state index contributed by atoms with van der Waals surface area (Å²) in [4.78, 5) is 31.8. The van der Waals surface area contributed by atoms with Crippen molar-refractivity contribution in [1.82, 2.24) is 4.57 Å². The van der Waals surface area contributed by atoms with Crippen molar-refractivity contribution in [3.63, 3.8) is 0 Å². The number of hydrogen-bond donors (Lipinski definition) is 0. The zero-order valence-electron chi connectivity index (χ0n) is 20.7.